The number of nitrogens with one attached hydrogen (secondary N) is 3. The standard InChI is InChI=1S/C16H30N4O3/c1-4-9-18-16(23)12-5-6-13(12)19-15(22)8-7-14(21)17-10-11-20(2)3/h12-13H,4-11H2,1-3H3,(H,17,21)(H,18,23)(H,19,22). The molecule has 2 atom stereocenters. The zero-order valence-corrected chi connectivity index (χ0v) is 14.5. The number of likely N-dealkylation sites (N-methyl/N-ethyl adjacent to an activating group) is 1. The van der Waals surface area contributed by atoms with E-state index in [0.29, 0.717) is 13.1 Å². The summed E-state index contributed by atoms with van der Waals surface area (Å²) in [5.41, 5.74) is 0. The van der Waals surface area contributed by atoms with Gasteiger partial charge in [0.2, 0.25) is 17.7 Å². The molecule has 0 aromatic heterocycles. The molecule has 1 aliphatic rings. The number of rotatable bonds is 10. The van der Waals surface area contributed by atoms with Gasteiger partial charge in [0.25, 0.3) is 0 Å². The van der Waals surface area contributed by atoms with Gasteiger partial charge in [-0.3, -0.25) is 14.4 Å². The third-order valence-corrected chi connectivity index (χ3v) is 3.97. The summed E-state index contributed by atoms with van der Waals surface area (Å²) < 4.78 is 0. The summed E-state index contributed by atoms with van der Waals surface area (Å²) in [5.74, 6) is -0.386. The van der Waals surface area contributed by atoms with Crippen molar-refractivity contribution in [3.05, 3.63) is 0 Å². The lowest BCUT2D eigenvalue weighted by molar-refractivity contribution is -0.132. The van der Waals surface area contributed by atoms with Gasteiger partial charge >= 0.3 is 0 Å². The van der Waals surface area contributed by atoms with Crippen LogP contribution < -0.4 is 16.0 Å². The second-order valence-corrected chi connectivity index (χ2v) is 6.30. The summed E-state index contributed by atoms with van der Waals surface area (Å²) in [6.45, 7) is 4.03. The summed E-state index contributed by atoms with van der Waals surface area (Å²) >= 11 is 0. The molecule has 0 heterocycles. The second kappa shape index (κ2) is 10.2. The van der Waals surface area contributed by atoms with Crippen molar-refractivity contribution in [2.75, 3.05) is 33.7 Å². The Kier molecular flexibility index (Phi) is 8.61. The van der Waals surface area contributed by atoms with Crippen LogP contribution in [0, 0.1) is 5.92 Å². The van der Waals surface area contributed by atoms with Crippen molar-refractivity contribution in [3.8, 4) is 0 Å². The van der Waals surface area contributed by atoms with Crippen molar-refractivity contribution in [2.45, 2.75) is 45.1 Å². The summed E-state index contributed by atoms with van der Waals surface area (Å²) in [6.07, 6.45) is 2.88. The predicted octanol–water partition coefficient (Wildman–Crippen LogP) is -0.135. The summed E-state index contributed by atoms with van der Waals surface area (Å²) in [5, 5.41) is 8.50. The van der Waals surface area contributed by atoms with Crippen LogP contribution >= 0.6 is 0 Å². The summed E-state index contributed by atoms with van der Waals surface area (Å²) in [7, 11) is 3.87. The lowest BCUT2D eigenvalue weighted by atomic mass is 9.78. The maximum atomic E-state index is 11.9. The minimum atomic E-state index is -0.161. The Bertz CT molecular complexity index is 412. The van der Waals surface area contributed by atoms with E-state index in [0.717, 1.165) is 25.8 Å². The topological polar surface area (TPSA) is 90.5 Å². The van der Waals surface area contributed by atoms with Gasteiger partial charge in [0.1, 0.15) is 0 Å². The summed E-state index contributed by atoms with van der Waals surface area (Å²) in [6, 6.07) is -0.0869. The Morgan fingerprint density at radius 1 is 1.00 bits per heavy atom. The largest absolute Gasteiger partial charge is 0.356 e. The molecule has 132 valence electrons. The SMILES string of the molecule is CCCNC(=O)C1CCC1NC(=O)CCC(=O)NCCN(C)C. The van der Waals surface area contributed by atoms with Gasteiger partial charge in [-0.25, -0.2) is 0 Å². The van der Waals surface area contributed by atoms with Crippen LogP contribution in [0.25, 0.3) is 0 Å². The van der Waals surface area contributed by atoms with Gasteiger partial charge in [-0.15, -0.1) is 0 Å². The molecule has 1 rings (SSSR count). The lowest BCUT2D eigenvalue weighted by Crippen LogP contribution is -2.53. The average molecular weight is 326 g/mol. The Hall–Kier alpha value is -1.63. The quantitative estimate of drug-likeness (QED) is 0.521. The molecule has 0 aromatic rings. The number of hydrogen-bond acceptors (Lipinski definition) is 4. The van der Waals surface area contributed by atoms with Gasteiger partial charge in [-0.05, 0) is 33.4 Å². The van der Waals surface area contributed by atoms with Crippen LogP contribution in [0.5, 0.6) is 0 Å². The first-order valence-corrected chi connectivity index (χ1v) is 8.42. The number of nitrogens with zero attached hydrogens (tertiary/aromatic N) is 1. The molecule has 1 fully saturated rings. The van der Waals surface area contributed by atoms with E-state index in [4.69, 9.17) is 0 Å². The van der Waals surface area contributed by atoms with Crippen molar-refractivity contribution < 1.29 is 14.4 Å². The molecule has 0 aromatic carbocycles. The molecule has 3 N–H and O–H groups in total. The van der Waals surface area contributed by atoms with Gasteiger partial charge in [-0.2, -0.15) is 0 Å². The van der Waals surface area contributed by atoms with E-state index < -0.39 is 0 Å². The van der Waals surface area contributed by atoms with Crippen molar-refractivity contribution >= 4 is 17.7 Å². The van der Waals surface area contributed by atoms with Crippen molar-refractivity contribution in [1.29, 1.82) is 0 Å². The molecule has 0 saturated heterocycles. The molecule has 0 aliphatic heterocycles. The normalized spacial score (nSPS) is 19.8. The highest BCUT2D eigenvalue weighted by Crippen LogP contribution is 2.27. The molecule has 1 aliphatic carbocycles. The second-order valence-electron chi connectivity index (χ2n) is 6.30. The number of amides is 3. The van der Waals surface area contributed by atoms with Crippen molar-refractivity contribution in [3.63, 3.8) is 0 Å². The van der Waals surface area contributed by atoms with Crippen LogP contribution in [-0.4, -0.2) is 62.4 Å². The first kappa shape index (κ1) is 19.4. The van der Waals surface area contributed by atoms with Gasteiger partial charge in [0.05, 0.1) is 5.92 Å². The average Bonchev–Trinajstić information content (AvgIpc) is 2.47. The molecular weight excluding hydrogens is 296 g/mol. The Labute approximate surface area is 138 Å². The zero-order valence-electron chi connectivity index (χ0n) is 14.5. The Morgan fingerprint density at radius 2 is 1.70 bits per heavy atom. The van der Waals surface area contributed by atoms with Crippen LogP contribution in [0.15, 0.2) is 0 Å². The highest BCUT2D eigenvalue weighted by atomic mass is 16.2. The fourth-order valence-electron chi connectivity index (χ4n) is 2.38. The molecule has 23 heavy (non-hydrogen) atoms. The van der Waals surface area contributed by atoms with Gasteiger partial charge in [0, 0.05) is 38.5 Å². The first-order chi connectivity index (χ1) is 10.9. The van der Waals surface area contributed by atoms with E-state index in [9.17, 15) is 14.4 Å². The number of hydrogen-bond donors (Lipinski definition) is 3. The molecule has 2 unspecified atom stereocenters. The van der Waals surface area contributed by atoms with Gasteiger partial charge in [-0.1, -0.05) is 6.92 Å². The molecule has 0 bridgehead atoms. The van der Waals surface area contributed by atoms with Gasteiger partial charge in [0.15, 0.2) is 0 Å². The Morgan fingerprint density at radius 3 is 2.26 bits per heavy atom. The first-order valence-electron chi connectivity index (χ1n) is 8.42. The number of carbonyl (C=O) groups excluding carboxylic acids is 3. The maximum absolute atomic E-state index is 11.9. The minimum Gasteiger partial charge on any atom is -0.356 e. The predicted molar refractivity (Wildman–Crippen MR) is 88.8 cm³/mol. The molecule has 0 spiro atoms. The zero-order chi connectivity index (χ0) is 17.2. The minimum absolute atomic E-state index is 0.0184. The highest BCUT2D eigenvalue weighted by molar-refractivity contribution is 5.85. The lowest BCUT2D eigenvalue weighted by Gasteiger charge is -2.35. The van der Waals surface area contributed by atoms with Crippen molar-refractivity contribution in [1.82, 2.24) is 20.9 Å². The maximum Gasteiger partial charge on any atom is 0.225 e. The Balaban J connectivity index is 2.18. The van der Waals surface area contributed by atoms with Crippen molar-refractivity contribution in [2.24, 2.45) is 5.92 Å². The van der Waals surface area contributed by atoms with Crippen LogP contribution in [0.3, 0.4) is 0 Å². The smallest absolute Gasteiger partial charge is 0.225 e. The van der Waals surface area contributed by atoms with Crippen LogP contribution in [0.2, 0.25) is 0 Å². The molecule has 7 heteroatoms. The third-order valence-electron chi connectivity index (χ3n) is 3.97. The van der Waals surface area contributed by atoms with E-state index >= 15 is 0 Å². The van der Waals surface area contributed by atoms with Crippen LogP contribution in [0.1, 0.15) is 39.0 Å². The number of carbonyl (C=O) groups is 3. The van der Waals surface area contributed by atoms with E-state index in [1.165, 1.54) is 0 Å². The van der Waals surface area contributed by atoms with E-state index in [2.05, 4.69) is 16.0 Å². The highest BCUT2D eigenvalue weighted by Gasteiger charge is 2.37. The van der Waals surface area contributed by atoms with Crippen LogP contribution in [-0.2, 0) is 14.4 Å². The molecule has 7 nitrogen and oxygen atoms in total. The van der Waals surface area contributed by atoms with E-state index in [-0.39, 0.29) is 42.5 Å². The fraction of sp³-hybridized carbons (Fsp3) is 0.812. The van der Waals surface area contributed by atoms with E-state index in [1.807, 2.05) is 25.9 Å². The van der Waals surface area contributed by atoms with Crippen LogP contribution in [0.4, 0.5) is 0 Å². The molecular formula is C16H30N4O3. The van der Waals surface area contributed by atoms with Gasteiger partial charge < -0.3 is 20.9 Å². The van der Waals surface area contributed by atoms with E-state index in [1.54, 1.807) is 0 Å². The summed E-state index contributed by atoms with van der Waals surface area (Å²) in [4.78, 5) is 37.4. The third kappa shape index (κ3) is 7.45. The molecule has 1 saturated carbocycles. The monoisotopic (exact) mass is 326 g/mol. The molecule has 0 radical (unpaired) electrons. The molecule has 3 amide bonds. The fourth-order valence-corrected chi connectivity index (χ4v) is 2.38.